The summed E-state index contributed by atoms with van der Waals surface area (Å²) in [6.07, 6.45) is 0. The van der Waals surface area contributed by atoms with Crippen LogP contribution in [-0.2, 0) is 6.67 Å². The van der Waals surface area contributed by atoms with Crippen LogP contribution < -0.4 is 11.1 Å². The topological polar surface area (TPSA) is 112 Å². The van der Waals surface area contributed by atoms with Gasteiger partial charge in [0.05, 0.1) is 5.69 Å². The van der Waals surface area contributed by atoms with Crippen molar-refractivity contribution >= 4 is 11.7 Å². The minimum Gasteiger partial charge on any atom is -0.364 e. The molecular weight excluding hydrogens is 224 g/mol. The van der Waals surface area contributed by atoms with Crippen LogP contribution in [-0.4, -0.2) is 26.0 Å². The molecule has 8 heteroatoms. The minimum atomic E-state index is -0.692. The SMILES string of the molecule is Cc1cc(C)n(CNc2nonc2C(N)=O)n1. The molecule has 0 saturated heterocycles. The van der Waals surface area contributed by atoms with Crippen LogP contribution in [0.3, 0.4) is 0 Å². The van der Waals surface area contributed by atoms with Crippen molar-refractivity contribution in [1.29, 1.82) is 0 Å². The smallest absolute Gasteiger partial charge is 0.274 e. The van der Waals surface area contributed by atoms with Gasteiger partial charge in [0, 0.05) is 5.69 Å². The Balaban J connectivity index is 2.10. The van der Waals surface area contributed by atoms with E-state index in [1.54, 1.807) is 4.68 Å². The lowest BCUT2D eigenvalue weighted by atomic mass is 10.4. The number of nitrogens with zero attached hydrogens (tertiary/aromatic N) is 4. The molecule has 0 fully saturated rings. The van der Waals surface area contributed by atoms with Gasteiger partial charge in [-0.2, -0.15) is 5.10 Å². The Morgan fingerprint density at radius 1 is 1.53 bits per heavy atom. The Morgan fingerprint density at radius 2 is 2.29 bits per heavy atom. The lowest BCUT2D eigenvalue weighted by molar-refractivity contribution is 0.0991. The maximum Gasteiger partial charge on any atom is 0.274 e. The maximum absolute atomic E-state index is 11.0. The molecule has 17 heavy (non-hydrogen) atoms. The normalized spacial score (nSPS) is 10.5. The van der Waals surface area contributed by atoms with Crippen LogP contribution in [0.5, 0.6) is 0 Å². The lowest BCUT2D eigenvalue weighted by Crippen LogP contribution is -2.17. The Kier molecular flexibility index (Phi) is 2.77. The first kappa shape index (κ1) is 11.1. The summed E-state index contributed by atoms with van der Waals surface area (Å²) in [7, 11) is 0. The Bertz CT molecular complexity index is 543. The molecule has 0 spiro atoms. The van der Waals surface area contributed by atoms with Crippen molar-refractivity contribution in [1.82, 2.24) is 20.1 Å². The van der Waals surface area contributed by atoms with E-state index < -0.39 is 5.91 Å². The number of hydrogen-bond donors (Lipinski definition) is 2. The fourth-order valence-corrected chi connectivity index (χ4v) is 1.45. The number of aryl methyl sites for hydroxylation is 2. The molecular formula is C9H12N6O2. The molecule has 1 amide bonds. The standard InChI is InChI=1S/C9H12N6O2/c1-5-3-6(2)15(12-5)4-11-9-7(8(10)16)13-17-14-9/h3H,4H2,1-2H3,(H2,10,16)(H,11,14). The summed E-state index contributed by atoms with van der Waals surface area (Å²) in [4.78, 5) is 11.0. The molecule has 2 rings (SSSR count). The average molecular weight is 236 g/mol. The van der Waals surface area contributed by atoms with Gasteiger partial charge in [-0.05, 0) is 30.2 Å². The summed E-state index contributed by atoms with van der Waals surface area (Å²) >= 11 is 0. The largest absolute Gasteiger partial charge is 0.364 e. The maximum atomic E-state index is 11.0. The summed E-state index contributed by atoms with van der Waals surface area (Å²) in [5.41, 5.74) is 6.98. The van der Waals surface area contributed by atoms with Crippen LogP contribution in [0.4, 0.5) is 5.82 Å². The van der Waals surface area contributed by atoms with E-state index in [0.717, 1.165) is 11.4 Å². The van der Waals surface area contributed by atoms with Gasteiger partial charge in [-0.15, -0.1) is 0 Å². The number of carbonyl (C=O) groups is 1. The molecule has 90 valence electrons. The first-order chi connectivity index (χ1) is 8.08. The van der Waals surface area contributed by atoms with Gasteiger partial charge >= 0.3 is 0 Å². The van der Waals surface area contributed by atoms with Crippen LogP contribution in [0.1, 0.15) is 21.9 Å². The molecule has 3 N–H and O–H groups in total. The van der Waals surface area contributed by atoms with Gasteiger partial charge in [0.1, 0.15) is 6.67 Å². The lowest BCUT2D eigenvalue weighted by Gasteiger charge is -2.05. The third-order valence-corrected chi connectivity index (χ3v) is 2.22. The second kappa shape index (κ2) is 4.24. The number of anilines is 1. The van der Waals surface area contributed by atoms with Crippen LogP contribution in [0.15, 0.2) is 10.7 Å². The fourth-order valence-electron chi connectivity index (χ4n) is 1.45. The van der Waals surface area contributed by atoms with E-state index in [2.05, 4.69) is 25.4 Å². The predicted molar refractivity (Wildman–Crippen MR) is 58.1 cm³/mol. The van der Waals surface area contributed by atoms with Crippen molar-refractivity contribution in [2.75, 3.05) is 5.32 Å². The molecule has 0 saturated carbocycles. The zero-order valence-corrected chi connectivity index (χ0v) is 9.47. The summed E-state index contributed by atoms with van der Waals surface area (Å²) < 4.78 is 6.17. The summed E-state index contributed by atoms with van der Waals surface area (Å²) in [5, 5.41) is 14.1. The van der Waals surface area contributed by atoms with Gasteiger partial charge in [-0.25, -0.2) is 4.63 Å². The van der Waals surface area contributed by atoms with E-state index in [9.17, 15) is 4.79 Å². The summed E-state index contributed by atoms with van der Waals surface area (Å²) in [6.45, 7) is 4.18. The van der Waals surface area contributed by atoms with Gasteiger partial charge in [0.15, 0.2) is 0 Å². The second-order valence-corrected chi connectivity index (χ2v) is 3.59. The van der Waals surface area contributed by atoms with Crippen molar-refractivity contribution < 1.29 is 9.42 Å². The zero-order chi connectivity index (χ0) is 12.4. The van der Waals surface area contributed by atoms with E-state index in [0.29, 0.717) is 6.67 Å². The molecule has 8 nitrogen and oxygen atoms in total. The third-order valence-electron chi connectivity index (χ3n) is 2.22. The highest BCUT2D eigenvalue weighted by atomic mass is 16.6. The quantitative estimate of drug-likeness (QED) is 0.775. The van der Waals surface area contributed by atoms with E-state index >= 15 is 0 Å². The van der Waals surface area contributed by atoms with Crippen molar-refractivity contribution in [3.8, 4) is 0 Å². The van der Waals surface area contributed by atoms with Crippen LogP contribution >= 0.6 is 0 Å². The summed E-state index contributed by atoms with van der Waals surface area (Å²) in [6, 6.07) is 1.94. The number of aromatic nitrogens is 4. The highest BCUT2D eigenvalue weighted by molar-refractivity contribution is 5.95. The van der Waals surface area contributed by atoms with Gasteiger partial charge in [0.2, 0.25) is 11.5 Å². The highest BCUT2D eigenvalue weighted by Gasteiger charge is 2.15. The predicted octanol–water partition coefficient (Wildman–Crippen LogP) is 0.0514. The molecule has 2 aromatic heterocycles. The first-order valence-electron chi connectivity index (χ1n) is 4.95. The second-order valence-electron chi connectivity index (χ2n) is 3.59. The molecule has 0 atom stereocenters. The van der Waals surface area contributed by atoms with E-state index in [1.165, 1.54) is 0 Å². The molecule has 0 aliphatic heterocycles. The Hall–Kier alpha value is -2.38. The van der Waals surface area contributed by atoms with E-state index in [1.807, 2.05) is 19.9 Å². The number of hydrogen-bond acceptors (Lipinski definition) is 6. The number of carbonyl (C=O) groups excluding carboxylic acids is 1. The molecule has 0 aliphatic carbocycles. The Morgan fingerprint density at radius 3 is 2.88 bits per heavy atom. The van der Waals surface area contributed by atoms with Crippen molar-refractivity contribution in [3.63, 3.8) is 0 Å². The number of primary amides is 1. The molecule has 2 aromatic rings. The molecule has 2 heterocycles. The van der Waals surface area contributed by atoms with Crippen molar-refractivity contribution in [2.24, 2.45) is 5.73 Å². The van der Waals surface area contributed by atoms with E-state index in [4.69, 9.17) is 5.73 Å². The van der Waals surface area contributed by atoms with Crippen molar-refractivity contribution in [3.05, 3.63) is 23.1 Å². The highest BCUT2D eigenvalue weighted by Crippen LogP contribution is 2.09. The molecule has 0 unspecified atom stereocenters. The number of nitrogens with two attached hydrogens (primary N) is 1. The van der Waals surface area contributed by atoms with Crippen molar-refractivity contribution in [2.45, 2.75) is 20.5 Å². The summed E-state index contributed by atoms with van der Waals surface area (Å²) in [5.74, 6) is -0.479. The molecule has 0 radical (unpaired) electrons. The number of nitrogens with one attached hydrogen (secondary N) is 1. The molecule has 0 bridgehead atoms. The van der Waals surface area contributed by atoms with Gasteiger partial charge in [0.25, 0.3) is 5.91 Å². The third kappa shape index (κ3) is 2.25. The number of rotatable bonds is 4. The monoisotopic (exact) mass is 236 g/mol. The van der Waals surface area contributed by atoms with Crippen LogP contribution in [0.25, 0.3) is 0 Å². The van der Waals surface area contributed by atoms with Crippen LogP contribution in [0.2, 0.25) is 0 Å². The van der Waals surface area contributed by atoms with E-state index in [-0.39, 0.29) is 11.5 Å². The first-order valence-corrected chi connectivity index (χ1v) is 4.95. The zero-order valence-electron chi connectivity index (χ0n) is 9.47. The fraction of sp³-hybridized carbons (Fsp3) is 0.333. The number of amides is 1. The molecule has 0 aliphatic rings. The van der Waals surface area contributed by atoms with Gasteiger partial charge in [-0.1, -0.05) is 0 Å². The van der Waals surface area contributed by atoms with Gasteiger partial charge < -0.3 is 11.1 Å². The average Bonchev–Trinajstić information content (AvgIpc) is 2.82. The minimum absolute atomic E-state index is 0.0217. The van der Waals surface area contributed by atoms with Gasteiger partial charge in [-0.3, -0.25) is 9.48 Å². The Labute approximate surface area is 96.7 Å². The molecule has 0 aromatic carbocycles. The van der Waals surface area contributed by atoms with Crippen LogP contribution in [0, 0.1) is 13.8 Å².